The van der Waals surface area contributed by atoms with Gasteiger partial charge in [-0.25, -0.2) is 14.2 Å². The Bertz CT molecular complexity index is 998. The molecule has 0 saturated heterocycles. The number of aromatic nitrogens is 3. The number of fused-ring (bicyclic) bond motifs is 1. The summed E-state index contributed by atoms with van der Waals surface area (Å²) >= 11 is 7.04. The lowest BCUT2D eigenvalue weighted by molar-refractivity contribution is 0.0236. The van der Waals surface area contributed by atoms with Crippen LogP contribution in [0.3, 0.4) is 0 Å². The van der Waals surface area contributed by atoms with Crippen LogP contribution in [0.4, 0.5) is 9.18 Å². The molecule has 0 fully saturated rings. The van der Waals surface area contributed by atoms with Crippen molar-refractivity contribution in [2.45, 2.75) is 51.0 Å². The van der Waals surface area contributed by atoms with E-state index in [1.807, 2.05) is 0 Å². The number of carbonyl (C=O) groups is 1. The Morgan fingerprint density at radius 3 is 2.61 bits per heavy atom. The molecule has 12 heteroatoms. The average molecular weight is 476 g/mol. The predicted molar refractivity (Wildman–Crippen MR) is 118 cm³/mol. The van der Waals surface area contributed by atoms with Gasteiger partial charge in [0.15, 0.2) is 16.1 Å². The van der Waals surface area contributed by atoms with Crippen LogP contribution in [0, 0.1) is 5.82 Å². The fourth-order valence-corrected chi connectivity index (χ4v) is 3.19. The van der Waals surface area contributed by atoms with Gasteiger partial charge in [-0.15, -0.1) is 0 Å². The monoisotopic (exact) mass is 475 g/mol. The molecule has 2 aromatic rings. The summed E-state index contributed by atoms with van der Waals surface area (Å²) in [5.74, 6) is -1.02. The predicted octanol–water partition coefficient (Wildman–Crippen LogP) is 3.19. The number of pyridine rings is 1. The molecule has 0 spiro atoms. The number of thioether (sulfide) groups is 1. The minimum atomic E-state index is -0.892. The van der Waals surface area contributed by atoms with Gasteiger partial charge < -0.3 is 25.1 Å². The van der Waals surface area contributed by atoms with Gasteiger partial charge in [0.25, 0.3) is 5.56 Å². The normalized spacial score (nSPS) is 12.6. The fourth-order valence-electron chi connectivity index (χ4n) is 2.65. The Labute approximate surface area is 188 Å². The minimum Gasteiger partial charge on any atom is -0.474 e. The molecule has 0 aliphatic heterocycles. The lowest BCUT2D eigenvalue weighted by Crippen LogP contribution is -2.41. The molecule has 0 aromatic carbocycles. The summed E-state index contributed by atoms with van der Waals surface area (Å²) in [6, 6.07) is 0. The third kappa shape index (κ3) is 6.68. The molecule has 0 bridgehead atoms. The molecule has 0 radical (unpaired) electrons. The van der Waals surface area contributed by atoms with Gasteiger partial charge >= 0.3 is 6.09 Å². The van der Waals surface area contributed by atoms with Crippen LogP contribution in [-0.2, 0) is 4.74 Å². The maximum Gasteiger partial charge on any atom is 0.410 e. The topological polar surface area (TPSA) is 123 Å². The number of amides is 1. The zero-order chi connectivity index (χ0) is 23.3. The van der Waals surface area contributed by atoms with E-state index in [-0.39, 0.29) is 28.5 Å². The number of halogens is 2. The first kappa shape index (κ1) is 25.2. The Morgan fingerprint density at radius 1 is 1.35 bits per heavy atom. The van der Waals surface area contributed by atoms with Gasteiger partial charge in [0, 0.05) is 26.1 Å². The van der Waals surface area contributed by atoms with E-state index in [0.717, 1.165) is 11.8 Å². The van der Waals surface area contributed by atoms with E-state index in [1.165, 1.54) is 4.90 Å². The quantitative estimate of drug-likeness (QED) is 0.339. The molecule has 0 aliphatic carbocycles. The van der Waals surface area contributed by atoms with Crippen LogP contribution in [0.15, 0.2) is 9.95 Å². The van der Waals surface area contributed by atoms with Gasteiger partial charge in [-0.1, -0.05) is 23.4 Å². The van der Waals surface area contributed by atoms with Crippen molar-refractivity contribution in [2.75, 3.05) is 25.9 Å². The highest BCUT2D eigenvalue weighted by Gasteiger charge is 2.24. The Hall–Kier alpha value is -2.11. The van der Waals surface area contributed by atoms with E-state index in [4.69, 9.17) is 26.8 Å². The number of aromatic amines is 1. The molecule has 2 aromatic heterocycles. The summed E-state index contributed by atoms with van der Waals surface area (Å²) in [5.41, 5.74) is 4.17. The molecule has 2 heterocycles. The molecule has 1 atom stereocenters. The van der Waals surface area contributed by atoms with E-state index < -0.39 is 34.3 Å². The molecule has 172 valence electrons. The first-order valence-corrected chi connectivity index (χ1v) is 11.2. The SMILES string of the molecule is CSc1nc2c(F)c(Cl)nc(OC(C)CCN(CCN)C(=O)OC(C)(C)C)c2c(=O)[nH]1. The van der Waals surface area contributed by atoms with Crippen molar-refractivity contribution in [1.29, 1.82) is 0 Å². The van der Waals surface area contributed by atoms with Gasteiger partial charge in [-0.3, -0.25) is 4.79 Å². The highest BCUT2D eigenvalue weighted by Crippen LogP contribution is 2.28. The molecule has 1 unspecified atom stereocenters. The van der Waals surface area contributed by atoms with Crippen molar-refractivity contribution in [3.8, 4) is 5.88 Å². The fraction of sp³-hybridized carbons (Fsp3) is 0.579. The Morgan fingerprint density at radius 2 is 2.03 bits per heavy atom. The highest BCUT2D eigenvalue weighted by molar-refractivity contribution is 7.98. The Kier molecular flexibility index (Phi) is 8.49. The van der Waals surface area contributed by atoms with E-state index in [9.17, 15) is 14.0 Å². The molecule has 0 aliphatic rings. The minimum absolute atomic E-state index is 0.127. The third-order valence-electron chi connectivity index (χ3n) is 4.06. The number of nitrogens with zero attached hydrogens (tertiary/aromatic N) is 3. The van der Waals surface area contributed by atoms with Crippen molar-refractivity contribution < 1.29 is 18.7 Å². The first-order valence-electron chi connectivity index (χ1n) is 9.64. The van der Waals surface area contributed by atoms with Crippen molar-refractivity contribution >= 4 is 40.4 Å². The number of hydrogen-bond acceptors (Lipinski definition) is 8. The number of nitrogens with one attached hydrogen (secondary N) is 1. The molecule has 31 heavy (non-hydrogen) atoms. The zero-order valence-corrected chi connectivity index (χ0v) is 19.7. The third-order valence-corrected chi connectivity index (χ3v) is 4.89. The largest absolute Gasteiger partial charge is 0.474 e. The lowest BCUT2D eigenvalue weighted by Gasteiger charge is -2.28. The number of H-pyrrole nitrogens is 1. The van der Waals surface area contributed by atoms with E-state index in [0.29, 0.717) is 19.5 Å². The molecule has 9 nitrogen and oxygen atoms in total. The van der Waals surface area contributed by atoms with Crippen LogP contribution in [0.25, 0.3) is 10.9 Å². The van der Waals surface area contributed by atoms with Crippen molar-refractivity contribution in [3.63, 3.8) is 0 Å². The zero-order valence-electron chi connectivity index (χ0n) is 18.1. The number of ether oxygens (including phenoxy) is 2. The van der Waals surface area contributed by atoms with Crippen LogP contribution in [0.5, 0.6) is 5.88 Å². The van der Waals surface area contributed by atoms with Gasteiger partial charge in [-0.2, -0.15) is 4.98 Å². The number of nitrogens with two attached hydrogens (primary N) is 1. The summed E-state index contributed by atoms with van der Waals surface area (Å²) < 4.78 is 25.6. The van der Waals surface area contributed by atoms with Crippen molar-refractivity contribution in [2.24, 2.45) is 5.73 Å². The van der Waals surface area contributed by atoms with Crippen LogP contribution >= 0.6 is 23.4 Å². The molecular formula is C19H27ClFN5O4S. The van der Waals surface area contributed by atoms with Crippen LogP contribution < -0.4 is 16.0 Å². The van der Waals surface area contributed by atoms with E-state index in [1.54, 1.807) is 34.0 Å². The second kappa shape index (κ2) is 10.5. The Balaban J connectivity index is 2.21. The molecule has 1 amide bonds. The van der Waals surface area contributed by atoms with Crippen molar-refractivity contribution in [1.82, 2.24) is 19.9 Å². The number of rotatable bonds is 8. The molecular weight excluding hydrogens is 449 g/mol. The molecule has 0 saturated carbocycles. The highest BCUT2D eigenvalue weighted by atomic mass is 35.5. The lowest BCUT2D eigenvalue weighted by atomic mass is 10.2. The van der Waals surface area contributed by atoms with Gasteiger partial charge in [0.1, 0.15) is 16.5 Å². The van der Waals surface area contributed by atoms with Gasteiger partial charge in [-0.05, 0) is 34.0 Å². The second-order valence-electron chi connectivity index (χ2n) is 7.79. The summed E-state index contributed by atoms with van der Waals surface area (Å²) in [7, 11) is 0. The maximum absolute atomic E-state index is 14.4. The van der Waals surface area contributed by atoms with Crippen LogP contribution in [0.2, 0.25) is 5.15 Å². The number of hydrogen-bond donors (Lipinski definition) is 2. The summed E-state index contributed by atoms with van der Waals surface area (Å²) in [6.07, 6.45) is 1.11. The summed E-state index contributed by atoms with van der Waals surface area (Å²) in [4.78, 5) is 36.8. The van der Waals surface area contributed by atoms with E-state index >= 15 is 0 Å². The molecule has 3 N–H and O–H groups in total. The smallest absolute Gasteiger partial charge is 0.410 e. The number of carbonyl (C=O) groups excluding carboxylic acids is 1. The average Bonchev–Trinajstić information content (AvgIpc) is 2.67. The standard InChI is InChI=1S/C19H27ClFN5O4S/c1-10(6-8-26(9-7-22)18(28)30-19(2,3)4)29-16-11-13(12(21)14(20)24-16)23-17(31-5)25-15(11)27/h10H,6-9,22H2,1-5H3,(H,23,25,27). The first-order chi connectivity index (χ1) is 14.5. The summed E-state index contributed by atoms with van der Waals surface area (Å²) in [6.45, 7) is 7.95. The maximum atomic E-state index is 14.4. The van der Waals surface area contributed by atoms with Crippen LogP contribution in [0.1, 0.15) is 34.1 Å². The molecule has 2 rings (SSSR count). The second-order valence-corrected chi connectivity index (χ2v) is 8.95. The van der Waals surface area contributed by atoms with Gasteiger partial charge in [0.2, 0.25) is 5.88 Å². The summed E-state index contributed by atoms with van der Waals surface area (Å²) in [5, 5.41) is -0.330. The van der Waals surface area contributed by atoms with E-state index in [2.05, 4.69) is 15.0 Å². The van der Waals surface area contributed by atoms with Crippen molar-refractivity contribution in [3.05, 3.63) is 21.3 Å². The van der Waals surface area contributed by atoms with Crippen LogP contribution in [-0.4, -0.2) is 63.5 Å². The van der Waals surface area contributed by atoms with Gasteiger partial charge in [0.05, 0.1) is 6.10 Å².